The van der Waals surface area contributed by atoms with Gasteiger partial charge in [-0.25, -0.2) is 9.69 Å². The second kappa shape index (κ2) is 7.86. The fraction of sp³-hybridized carbons (Fsp3) is 0.444. The molecule has 2 saturated carbocycles. The third-order valence-corrected chi connectivity index (χ3v) is 7.76. The van der Waals surface area contributed by atoms with Crippen LogP contribution in [0.2, 0.25) is 0 Å². The third kappa shape index (κ3) is 3.54. The number of benzene rings is 2. The highest BCUT2D eigenvalue weighted by atomic mass is 16.6. The Morgan fingerprint density at radius 2 is 1.79 bits per heavy atom. The van der Waals surface area contributed by atoms with Gasteiger partial charge in [0.25, 0.3) is 5.91 Å². The third-order valence-electron chi connectivity index (χ3n) is 7.76. The lowest BCUT2D eigenvalue weighted by Crippen LogP contribution is -2.49. The smallest absolute Gasteiger partial charge is 0.418 e. The zero-order chi connectivity index (χ0) is 23.4. The summed E-state index contributed by atoms with van der Waals surface area (Å²) in [7, 11) is 0. The Kier molecular flexibility index (Phi) is 4.90. The van der Waals surface area contributed by atoms with Crippen LogP contribution >= 0.6 is 0 Å². The van der Waals surface area contributed by atoms with Crippen molar-refractivity contribution in [3.63, 3.8) is 0 Å². The molecule has 2 N–H and O–H groups in total. The lowest BCUT2D eigenvalue weighted by molar-refractivity contribution is -0.143. The number of amides is 3. The molecule has 3 fully saturated rings. The van der Waals surface area contributed by atoms with E-state index >= 15 is 0 Å². The molecule has 0 bridgehead atoms. The van der Waals surface area contributed by atoms with Crippen molar-refractivity contribution in [2.45, 2.75) is 56.7 Å². The Morgan fingerprint density at radius 1 is 1.09 bits per heavy atom. The maximum Gasteiger partial charge on any atom is 0.418 e. The van der Waals surface area contributed by atoms with Crippen molar-refractivity contribution < 1.29 is 19.1 Å². The number of rotatable bonds is 7. The van der Waals surface area contributed by atoms with Gasteiger partial charge in [0.2, 0.25) is 11.5 Å². The van der Waals surface area contributed by atoms with Crippen molar-refractivity contribution in [1.29, 1.82) is 0 Å². The lowest BCUT2D eigenvalue weighted by atomic mass is 9.94. The molecule has 1 heterocycles. The second-order valence-electron chi connectivity index (χ2n) is 10.2. The van der Waals surface area contributed by atoms with Gasteiger partial charge >= 0.3 is 6.09 Å². The summed E-state index contributed by atoms with van der Waals surface area (Å²) in [4.78, 5) is 43.1. The molecule has 1 aliphatic heterocycles. The summed E-state index contributed by atoms with van der Waals surface area (Å²) in [5.74, 6) is 0.397. The second-order valence-corrected chi connectivity index (χ2v) is 10.2. The lowest BCUT2D eigenvalue weighted by Gasteiger charge is -2.33. The number of hydrogen-bond donors (Lipinski definition) is 1. The van der Waals surface area contributed by atoms with Crippen LogP contribution in [0.4, 0.5) is 10.5 Å². The number of imide groups is 1. The molecule has 1 saturated heterocycles. The van der Waals surface area contributed by atoms with E-state index in [0.29, 0.717) is 42.5 Å². The zero-order valence-electron chi connectivity index (χ0n) is 19.1. The van der Waals surface area contributed by atoms with Gasteiger partial charge in [0.1, 0.15) is 6.54 Å². The summed E-state index contributed by atoms with van der Waals surface area (Å²) in [5.41, 5.74) is 7.84. The fourth-order valence-corrected chi connectivity index (χ4v) is 5.81. The molecule has 3 aliphatic carbocycles. The van der Waals surface area contributed by atoms with Crippen molar-refractivity contribution in [3.8, 4) is 0 Å². The van der Waals surface area contributed by atoms with Crippen LogP contribution < -0.4 is 5.73 Å². The van der Waals surface area contributed by atoms with Crippen LogP contribution in [0, 0.1) is 11.8 Å². The fourth-order valence-electron chi connectivity index (χ4n) is 5.81. The number of nitrogen functional groups attached to an aromatic ring is 1. The topological polar surface area (TPSA) is 92.9 Å². The summed E-state index contributed by atoms with van der Waals surface area (Å²) in [6.45, 7) is 0.203. The van der Waals surface area contributed by atoms with Crippen molar-refractivity contribution >= 4 is 23.6 Å². The number of nitrogens with two attached hydrogens (primary N) is 1. The molecule has 1 spiro atoms. The molecule has 176 valence electrons. The Labute approximate surface area is 198 Å². The summed E-state index contributed by atoms with van der Waals surface area (Å²) >= 11 is 0. The minimum absolute atomic E-state index is 0.172. The van der Waals surface area contributed by atoms with Crippen LogP contribution in [-0.2, 0) is 32.9 Å². The van der Waals surface area contributed by atoms with Crippen molar-refractivity contribution in [1.82, 2.24) is 9.80 Å². The van der Waals surface area contributed by atoms with E-state index in [1.165, 1.54) is 0 Å². The van der Waals surface area contributed by atoms with Gasteiger partial charge in [0.05, 0.1) is 0 Å². The van der Waals surface area contributed by atoms with Gasteiger partial charge in [-0.2, -0.15) is 0 Å². The number of carbonyl (C=O) groups excluding carboxylic acids is 3. The van der Waals surface area contributed by atoms with Crippen LogP contribution in [-0.4, -0.2) is 40.3 Å². The molecular formula is C27H29N3O4. The summed E-state index contributed by atoms with van der Waals surface area (Å²) < 4.78 is 5.71. The van der Waals surface area contributed by atoms with E-state index in [1.807, 2.05) is 41.3 Å². The average Bonchev–Trinajstić information content (AvgIpc) is 3.76. The quantitative estimate of drug-likeness (QED) is 0.639. The van der Waals surface area contributed by atoms with Gasteiger partial charge < -0.3 is 15.4 Å². The highest BCUT2D eigenvalue weighted by molar-refractivity contribution is 6.06. The Bertz CT molecular complexity index is 1150. The standard InChI is InChI=1S/C27H29N3O4/c28-21-10-11-22-20(14-21)12-13-27(22)25(32)30(26(33)34-27)16-23(31)29(15-17-4-2-1-3-5-17)24(18-6-7-18)19-8-9-19/h1-5,10-11,14,18-19,24H,6-9,12-13,15-16,28H2. The Hall–Kier alpha value is -3.35. The van der Waals surface area contributed by atoms with Gasteiger partial charge in [-0.15, -0.1) is 0 Å². The number of fused-ring (bicyclic) bond motifs is 2. The predicted octanol–water partition coefficient (Wildman–Crippen LogP) is 3.61. The normalized spacial score (nSPS) is 23.5. The summed E-state index contributed by atoms with van der Waals surface area (Å²) in [6.07, 6.45) is 4.77. The molecule has 0 radical (unpaired) electrons. The number of anilines is 1. The first-order valence-corrected chi connectivity index (χ1v) is 12.2. The molecule has 4 aliphatic rings. The summed E-state index contributed by atoms with van der Waals surface area (Å²) in [6, 6.07) is 15.4. The first kappa shape index (κ1) is 21.2. The highest BCUT2D eigenvalue weighted by Crippen LogP contribution is 2.48. The minimum Gasteiger partial charge on any atom is -0.427 e. The molecule has 6 rings (SSSR count). The van der Waals surface area contributed by atoms with Crippen molar-refractivity contribution in [2.24, 2.45) is 11.8 Å². The SMILES string of the molecule is Nc1ccc2c(c1)CCC21OC(=O)N(CC(=O)N(Cc2ccccc2)C(C2CC2)C2CC2)C1=O. The molecule has 34 heavy (non-hydrogen) atoms. The van der Waals surface area contributed by atoms with Gasteiger partial charge in [0, 0.05) is 30.3 Å². The number of hydrogen-bond acceptors (Lipinski definition) is 5. The molecule has 7 nitrogen and oxygen atoms in total. The molecule has 1 atom stereocenters. The van der Waals surface area contributed by atoms with E-state index in [0.717, 1.165) is 41.7 Å². The monoisotopic (exact) mass is 459 g/mol. The van der Waals surface area contributed by atoms with Crippen LogP contribution in [0.25, 0.3) is 0 Å². The van der Waals surface area contributed by atoms with Crippen LogP contribution in [0.1, 0.15) is 48.8 Å². The van der Waals surface area contributed by atoms with Gasteiger partial charge in [0.15, 0.2) is 0 Å². The van der Waals surface area contributed by atoms with E-state index in [4.69, 9.17) is 10.5 Å². The van der Waals surface area contributed by atoms with Gasteiger partial charge in [-0.05, 0) is 67.2 Å². The Morgan fingerprint density at radius 3 is 2.47 bits per heavy atom. The van der Waals surface area contributed by atoms with Gasteiger partial charge in [-0.1, -0.05) is 36.4 Å². The van der Waals surface area contributed by atoms with Crippen molar-refractivity contribution in [3.05, 3.63) is 65.2 Å². The van der Waals surface area contributed by atoms with E-state index in [-0.39, 0.29) is 18.5 Å². The Balaban J connectivity index is 1.26. The highest BCUT2D eigenvalue weighted by Gasteiger charge is 2.58. The first-order valence-electron chi connectivity index (χ1n) is 12.2. The average molecular weight is 460 g/mol. The molecule has 2 aromatic rings. The van der Waals surface area contributed by atoms with Crippen LogP contribution in [0.5, 0.6) is 0 Å². The van der Waals surface area contributed by atoms with E-state index in [2.05, 4.69) is 0 Å². The van der Waals surface area contributed by atoms with E-state index < -0.39 is 17.6 Å². The van der Waals surface area contributed by atoms with Crippen LogP contribution in [0.15, 0.2) is 48.5 Å². The number of nitrogens with zero attached hydrogens (tertiary/aromatic N) is 2. The summed E-state index contributed by atoms with van der Waals surface area (Å²) in [5, 5.41) is 0. The first-order chi connectivity index (χ1) is 16.5. The maximum atomic E-state index is 13.7. The molecule has 1 unspecified atom stereocenters. The molecule has 7 heteroatoms. The van der Waals surface area contributed by atoms with E-state index in [9.17, 15) is 14.4 Å². The molecule has 3 amide bonds. The van der Waals surface area contributed by atoms with Gasteiger partial charge in [-0.3, -0.25) is 9.59 Å². The largest absolute Gasteiger partial charge is 0.427 e. The minimum atomic E-state index is -1.34. The number of aryl methyl sites for hydroxylation is 1. The van der Waals surface area contributed by atoms with E-state index in [1.54, 1.807) is 12.1 Å². The van der Waals surface area contributed by atoms with Crippen molar-refractivity contribution in [2.75, 3.05) is 12.3 Å². The zero-order valence-corrected chi connectivity index (χ0v) is 19.1. The molecule has 0 aromatic heterocycles. The predicted molar refractivity (Wildman–Crippen MR) is 125 cm³/mol. The maximum absolute atomic E-state index is 13.7. The molecule has 2 aromatic carbocycles. The molecular weight excluding hydrogens is 430 g/mol. The van der Waals surface area contributed by atoms with Crippen LogP contribution in [0.3, 0.4) is 0 Å². The number of ether oxygens (including phenoxy) is 1. The number of carbonyl (C=O) groups is 3.